The van der Waals surface area contributed by atoms with Crippen LogP contribution in [0.15, 0.2) is 48.7 Å². The summed E-state index contributed by atoms with van der Waals surface area (Å²) in [4.78, 5) is 18.1. The van der Waals surface area contributed by atoms with Gasteiger partial charge >= 0.3 is 6.36 Å². The molecule has 1 aromatic heterocycles. The van der Waals surface area contributed by atoms with Crippen LogP contribution in [0.3, 0.4) is 0 Å². The molecule has 1 aromatic carbocycles. The van der Waals surface area contributed by atoms with E-state index in [2.05, 4.69) is 9.72 Å². The van der Waals surface area contributed by atoms with Gasteiger partial charge < -0.3 is 19.1 Å². The molecule has 10 heteroatoms. The first-order chi connectivity index (χ1) is 14.3. The van der Waals surface area contributed by atoms with E-state index in [9.17, 15) is 18.0 Å². The van der Waals surface area contributed by atoms with E-state index >= 15 is 0 Å². The summed E-state index contributed by atoms with van der Waals surface area (Å²) in [5, 5.41) is 0.496. The number of hydrogen-bond acceptors (Lipinski definition) is 5. The molecule has 30 heavy (non-hydrogen) atoms. The molecule has 1 aliphatic rings. The van der Waals surface area contributed by atoms with Gasteiger partial charge in [-0.15, -0.1) is 13.2 Å². The van der Waals surface area contributed by atoms with Gasteiger partial charge in [-0.05, 0) is 29.8 Å². The molecule has 0 radical (unpaired) electrons. The van der Waals surface area contributed by atoms with Gasteiger partial charge in [0.15, 0.2) is 0 Å². The number of rotatable bonds is 6. The van der Waals surface area contributed by atoms with Crippen LogP contribution >= 0.6 is 11.6 Å². The Morgan fingerprint density at radius 2 is 2.17 bits per heavy atom. The SMILES string of the molecule is O=C(/C=C/c1cccc(OC(F)(F)F)c1)N1CCOC(COc2ccc(Cl)cn2)C1. The molecule has 6 nitrogen and oxygen atoms in total. The average Bonchev–Trinajstić information content (AvgIpc) is 2.71. The van der Waals surface area contributed by atoms with Crippen molar-refractivity contribution in [1.29, 1.82) is 0 Å². The number of nitrogens with zero attached hydrogens (tertiary/aromatic N) is 2. The Morgan fingerprint density at radius 1 is 1.33 bits per heavy atom. The summed E-state index contributed by atoms with van der Waals surface area (Å²) >= 11 is 5.78. The third-order valence-corrected chi connectivity index (χ3v) is 4.30. The lowest BCUT2D eigenvalue weighted by Crippen LogP contribution is -2.47. The number of benzene rings is 1. The van der Waals surface area contributed by atoms with Crippen molar-refractivity contribution < 1.29 is 32.2 Å². The average molecular weight is 443 g/mol. The van der Waals surface area contributed by atoms with Gasteiger partial charge in [0.2, 0.25) is 11.8 Å². The number of carbonyl (C=O) groups excluding carboxylic acids is 1. The molecule has 0 saturated carbocycles. The molecule has 1 saturated heterocycles. The summed E-state index contributed by atoms with van der Waals surface area (Å²) in [6.07, 6.45) is -0.906. The van der Waals surface area contributed by atoms with Gasteiger partial charge in [-0.25, -0.2) is 4.98 Å². The number of carbonyl (C=O) groups is 1. The summed E-state index contributed by atoms with van der Waals surface area (Å²) in [7, 11) is 0. The first kappa shape index (κ1) is 21.9. The van der Waals surface area contributed by atoms with Crippen LogP contribution in [0.1, 0.15) is 5.56 Å². The number of amides is 1. The molecule has 1 amide bonds. The highest BCUT2D eigenvalue weighted by Crippen LogP contribution is 2.23. The molecule has 0 aliphatic carbocycles. The zero-order valence-corrected chi connectivity index (χ0v) is 16.4. The topological polar surface area (TPSA) is 60.9 Å². The number of hydrogen-bond donors (Lipinski definition) is 0. The molecule has 0 bridgehead atoms. The third kappa shape index (κ3) is 6.93. The van der Waals surface area contributed by atoms with Crippen LogP contribution in [0.4, 0.5) is 13.2 Å². The molecular weight excluding hydrogens is 425 g/mol. The van der Waals surface area contributed by atoms with E-state index in [4.69, 9.17) is 21.1 Å². The van der Waals surface area contributed by atoms with Gasteiger partial charge in [-0.2, -0.15) is 0 Å². The second-order valence-electron chi connectivity index (χ2n) is 6.36. The highest BCUT2D eigenvalue weighted by atomic mass is 35.5. The monoisotopic (exact) mass is 442 g/mol. The lowest BCUT2D eigenvalue weighted by molar-refractivity contribution is -0.274. The Morgan fingerprint density at radius 3 is 2.90 bits per heavy atom. The smallest absolute Gasteiger partial charge is 0.475 e. The molecule has 1 aliphatic heterocycles. The van der Waals surface area contributed by atoms with E-state index < -0.39 is 6.36 Å². The lowest BCUT2D eigenvalue weighted by Gasteiger charge is -2.32. The van der Waals surface area contributed by atoms with Crippen LogP contribution < -0.4 is 9.47 Å². The van der Waals surface area contributed by atoms with Gasteiger partial charge in [-0.1, -0.05) is 23.7 Å². The maximum absolute atomic E-state index is 12.4. The largest absolute Gasteiger partial charge is 0.573 e. The summed E-state index contributed by atoms with van der Waals surface area (Å²) in [6.45, 7) is 1.26. The minimum Gasteiger partial charge on any atom is -0.475 e. The number of morpholine rings is 1. The zero-order chi connectivity index (χ0) is 21.6. The van der Waals surface area contributed by atoms with Gasteiger partial charge in [0.05, 0.1) is 18.2 Å². The maximum atomic E-state index is 12.4. The van der Waals surface area contributed by atoms with Crippen LogP contribution in [0.5, 0.6) is 11.6 Å². The third-order valence-electron chi connectivity index (χ3n) is 4.08. The number of alkyl halides is 3. The first-order valence-electron chi connectivity index (χ1n) is 8.97. The summed E-state index contributed by atoms with van der Waals surface area (Å²) in [5.74, 6) is -0.237. The van der Waals surface area contributed by atoms with Gasteiger partial charge in [0.1, 0.15) is 18.5 Å². The molecule has 2 aromatic rings. The van der Waals surface area contributed by atoms with E-state index in [-0.39, 0.29) is 24.4 Å². The summed E-state index contributed by atoms with van der Waals surface area (Å²) in [6, 6.07) is 8.66. The Kier molecular flexibility index (Phi) is 7.17. The summed E-state index contributed by atoms with van der Waals surface area (Å²) < 4.78 is 52.0. The van der Waals surface area contributed by atoms with E-state index in [1.807, 2.05) is 0 Å². The van der Waals surface area contributed by atoms with E-state index in [1.54, 1.807) is 23.1 Å². The lowest BCUT2D eigenvalue weighted by atomic mass is 10.2. The van der Waals surface area contributed by atoms with Crippen molar-refractivity contribution >= 4 is 23.6 Å². The minimum absolute atomic E-state index is 0.207. The minimum atomic E-state index is -4.77. The molecule has 2 heterocycles. The number of pyridine rings is 1. The quantitative estimate of drug-likeness (QED) is 0.634. The van der Waals surface area contributed by atoms with E-state index in [0.717, 1.165) is 0 Å². The van der Waals surface area contributed by atoms with Gasteiger partial charge in [-0.3, -0.25) is 4.79 Å². The molecule has 160 valence electrons. The molecule has 1 atom stereocenters. The van der Waals surface area contributed by atoms with Gasteiger partial charge in [0.25, 0.3) is 0 Å². The van der Waals surface area contributed by atoms with Crippen LogP contribution in [-0.4, -0.2) is 54.6 Å². The molecule has 1 fully saturated rings. The van der Waals surface area contributed by atoms with Crippen molar-refractivity contribution in [2.45, 2.75) is 12.5 Å². The maximum Gasteiger partial charge on any atom is 0.573 e. The van der Waals surface area contributed by atoms with Crippen molar-refractivity contribution in [1.82, 2.24) is 9.88 Å². The van der Waals surface area contributed by atoms with Gasteiger partial charge in [0, 0.05) is 24.9 Å². The van der Waals surface area contributed by atoms with Crippen LogP contribution in [0, 0.1) is 0 Å². The fraction of sp³-hybridized carbons (Fsp3) is 0.300. The number of ether oxygens (including phenoxy) is 3. The molecule has 0 N–H and O–H groups in total. The summed E-state index contributed by atoms with van der Waals surface area (Å²) in [5.41, 5.74) is 0.409. The Balaban J connectivity index is 1.53. The molecule has 3 rings (SSSR count). The Bertz CT molecular complexity index is 890. The number of halogens is 4. The fourth-order valence-corrected chi connectivity index (χ4v) is 2.85. The second kappa shape index (κ2) is 9.82. The van der Waals surface area contributed by atoms with Crippen molar-refractivity contribution in [3.63, 3.8) is 0 Å². The fourth-order valence-electron chi connectivity index (χ4n) is 2.73. The van der Waals surface area contributed by atoms with Crippen molar-refractivity contribution in [3.05, 3.63) is 59.3 Å². The Hall–Kier alpha value is -2.78. The molecule has 1 unspecified atom stereocenters. The predicted octanol–water partition coefficient (Wildman–Crippen LogP) is 3.95. The van der Waals surface area contributed by atoms with Crippen LogP contribution in [0.25, 0.3) is 6.08 Å². The van der Waals surface area contributed by atoms with Crippen molar-refractivity contribution in [3.8, 4) is 11.6 Å². The van der Waals surface area contributed by atoms with E-state index in [0.29, 0.717) is 36.2 Å². The standard InChI is InChI=1S/C20H18ClF3N2O4/c21-15-5-6-18(25-11-15)29-13-17-12-26(8-9-28-17)19(27)7-4-14-2-1-3-16(10-14)30-20(22,23)24/h1-7,10-11,17H,8-9,12-13H2/b7-4+. The molecular formula is C20H18ClF3N2O4. The predicted molar refractivity (Wildman–Crippen MR) is 103 cm³/mol. The molecule has 0 spiro atoms. The van der Waals surface area contributed by atoms with E-state index in [1.165, 1.54) is 36.5 Å². The zero-order valence-electron chi connectivity index (χ0n) is 15.6. The normalized spacial score (nSPS) is 17.2. The first-order valence-corrected chi connectivity index (χ1v) is 9.35. The number of aromatic nitrogens is 1. The Labute approximate surface area is 175 Å². The van der Waals surface area contributed by atoms with Crippen LogP contribution in [-0.2, 0) is 9.53 Å². The van der Waals surface area contributed by atoms with Crippen LogP contribution in [0.2, 0.25) is 5.02 Å². The van der Waals surface area contributed by atoms with Crippen molar-refractivity contribution in [2.24, 2.45) is 0 Å². The highest BCUT2D eigenvalue weighted by Gasteiger charge is 2.31. The highest BCUT2D eigenvalue weighted by molar-refractivity contribution is 6.30. The van der Waals surface area contributed by atoms with Crippen molar-refractivity contribution in [2.75, 3.05) is 26.3 Å². The second-order valence-corrected chi connectivity index (χ2v) is 6.79.